The van der Waals surface area contributed by atoms with Crippen LogP contribution in [0.5, 0.6) is 0 Å². The molecular weight excluding hydrogens is 404 g/mol. The van der Waals surface area contributed by atoms with Gasteiger partial charge in [-0.3, -0.25) is 9.89 Å². The highest BCUT2D eigenvalue weighted by Gasteiger charge is 2.23. The quantitative estimate of drug-likeness (QED) is 0.339. The molecular formula is C21H32N4O2S2. The number of thiophene rings is 1. The molecule has 0 amide bonds. The fourth-order valence-electron chi connectivity index (χ4n) is 3.29. The number of hydrogen-bond acceptors (Lipinski definition) is 6. The second-order valence-corrected chi connectivity index (χ2v) is 9.28. The van der Waals surface area contributed by atoms with Gasteiger partial charge in [0.2, 0.25) is 0 Å². The van der Waals surface area contributed by atoms with Crippen LogP contribution in [0.1, 0.15) is 21.6 Å². The van der Waals surface area contributed by atoms with Crippen molar-refractivity contribution < 1.29 is 9.15 Å². The Morgan fingerprint density at radius 2 is 2.07 bits per heavy atom. The van der Waals surface area contributed by atoms with Gasteiger partial charge in [-0.2, -0.15) is 11.8 Å². The molecule has 2 aromatic rings. The van der Waals surface area contributed by atoms with Crippen LogP contribution in [-0.2, 0) is 11.2 Å². The molecule has 2 N–H and O–H groups in total. The van der Waals surface area contributed by atoms with E-state index in [1.165, 1.54) is 9.75 Å². The molecule has 1 atom stereocenters. The molecule has 1 unspecified atom stereocenters. The molecule has 6 nitrogen and oxygen atoms in total. The van der Waals surface area contributed by atoms with Crippen LogP contribution in [0, 0.1) is 6.92 Å². The lowest BCUT2D eigenvalue weighted by Gasteiger charge is -2.33. The second kappa shape index (κ2) is 12.3. The summed E-state index contributed by atoms with van der Waals surface area (Å²) in [5, 5.41) is 6.93. The van der Waals surface area contributed by atoms with Gasteiger partial charge >= 0.3 is 0 Å². The molecule has 0 aliphatic carbocycles. The number of ether oxygens (including phenoxy) is 1. The van der Waals surface area contributed by atoms with E-state index in [1.807, 2.05) is 35.2 Å². The topological polar surface area (TPSA) is 62.0 Å². The van der Waals surface area contributed by atoms with Gasteiger partial charge in [0.05, 0.1) is 32.1 Å². The van der Waals surface area contributed by atoms with Crippen molar-refractivity contribution in [2.24, 2.45) is 4.99 Å². The molecule has 0 spiro atoms. The summed E-state index contributed by atoms with van der Waals surface area (Å²) in [4.78, 5) is 10.2. The van der Waals surface area contributed by atoms with Crippen molar-refractivity contribution in [3.8, 4) is 0 Å². The molecule has 0 saturated carbocycles. The van der Waals surface area contributed by atoms with Crippen LogP contribution in [0.15, 0.2) is 39.9 Å². The van der Waals surface area contributed by atoms with Crippen LogP contribution in [0.4, 0.5) is 0 Å². The maximum absolute atomic E-state index is 5.56. The smallest absolute Gasteiger partial charge is 0.191 e. The number of aliphatic imine (C=N–C) groups is 1. The maximum Gasteiger partial charge on any atom is 0.191 e. The molecule has 0 aromatic carbocycles. The Morgan fingerprint density at radius 1 is 1.24 bits per heavy atom. The Kier molecular flexibility index (Phi) is 9.40. The van der Waals surface area contributed by atoms with Crippen LogP contribution in [0.3, 0.4) is 0 Å². The van der Waals surface area contributed by atoms with Crippen LogP contribution in [0.2, 0.25) is 0 Å². The number of morpholine rings is 1. The van der Waals surface area contributed by atoms with Crippen molar-refractivity contribution in [2.45, 2.75) is 19.4 Å². The monoisotopic (exact) mass is 436 g/mol. The first-order chi connectivity index (χ1) is 14.3. The normalized spacial score (nSPS) is 16.7. The average Bonchev–Trinajstić information content (AvgIpc) is 3.41. The molecule has 0 radical (unpaired) electrons. The lowest BCUT2D eigenvalue weighted by molar-refractivity contribution is 0.0186. The molecule has 1 saturated heterocycles. The van der Waals surface area contributed by atoms with Crippen molar-refractivity contribution in [3.05, 3.63) is 46.0 Å². The lowest BCUT2D eigenvalue weighted by Crippen LogP contribution is -2.42. The van der Waals surface area contributed by atoms with E-state index in [-0.39, 0.29) is 0 Å². The average molecular weight is 437 g/mol. The molecule has 0 bridgehead atoms. The number of hydrogen-bond donors (Lipinski definition) is 2. The standard InChI is InChI=1S/C21H32N4O2S2/c1-17-5-6-20(29-17)19(25-10-13-26-14-11-25)16-24-21(23-9-15-28-2)22-8-7-18-4-3-12-27-18/h3-6,12,19H,7-11,13-16H2,1-2H3,(H2,22,23,24). The summed E-state index contributed by atoms with van der Waals surface area (Å²) >= 11 is 3.70. The highest BCUT2D eigenvalue weighted by Crippen LogP contribution is 2.28. The summed E-state index contributed by atoms with van der Waals surface area (Å²) in [6.07, 6.45) is 4.68. The minimum absolute atomic E-state index is 0.293. The van der Waals surface area contributed by atoms with Gasteiger partial charge in [0.15, 0.2) is 5.96 Å². The first-order valence-corrected chi connectivity index (χ1v) is 12.4. The number of nitrogens with one attached hydrogen (secondary N) is 2. The molecule has 3 heterocycles. The zero-order chi connectivity index (χ0) is 20.3. The highest BCUT2D eigenvalue weighted by molar-refractivity contribution is 7.98. The number of thioether (sulfide) groups is 1. The Bertz CT molecular complexity index is 727. The Hall–Kier alpha value is -1.48. The molecule has 1 fully saturated rings. The fraction of sp³-hybridized carbons (Fsp3) is 0.571. The van der Waals surface area contributed by atoms with Crippen LogP contribution < -0.4 is 10.6 Å². The van der Waals surface area contributed by atoms with Crippen LogP contribution in [0.25, 0.3) is 0 Å². The van der Waals surface area contributed by atoms with Gasteiger partial charge in [-0.05, 0) is 37.4 Å². The van der Waals surface area contributed by atoms with E-state index in [0.717, 1.165) is 69.8 Å². The third-order valence-electron chi connectivity index (χ3n) is 4.84. The number of aryl methyl sites for hydroxylation is 1. The van der Waals surface area contributed by atoms with Crippen LogP contribution >= 0.6 is 23.1 Å². The lowest BCUT2D eigenvalue weighted by atomic mass is 10.2. The zero-order valence-corrected chi connectivity index (χ0v) is 19.0. The van der Waals surface area contributed by atoms with Crippen molar-refractivity contribution in [3.63, 3.8) is 0 Å². The Balaban J connectivity index is 1.64. The van der Waals surface area contributed by atoms with Crippen molar-refractivity contribution in [1.29, 1.82) is 0 Å². The van der Waals surface area contributed by atoms with Gasteiger partial charge in [-0.25, -0.2) is 0 Å². The molecule has 1 aliphatic rings. The molecule has 8 heteroatoms. The number of guanidine groups is 1. The molecule has 2 aromatic heterocycles. The SMILES string of the molecule is CSCCNC(=NCC(c1ccc(C)s1)N1CCOCC1)NCCc1ccco1. The van der Waals surface area contributed by atoms with Crippen molar-refractivity contribution >= 4 is 29.1 Å². The summed E-state index contributed by atoms with van der Waals surface area (Å²) in [6, 6.07) is 8.68. The number of rotatable bonds is 10. The van der Waals surface area contributed by atoms with E-state index in [9.17, 15) is 0 Å². The predicted molar refractivity (Wildman–Crippen MR) is 123 cm³/mol. The van der Waals surface area contributed by atoms with Gasteiger partial charge in [0.25, 0.3) is 0 Å². The van der Waals surface area contributed by atoms with Gasteiger partial charge in [-0.1, -0.05) is 0 Å². The highest BCUT2D eigenvalue weighted by atomic mass is 32.2. The molecule has 160 valence electrons. The number of nitrogens with zero attached hydrogens (tertiary/aromatic N) is 2. The minimum Gasteiger partial charge on any atom is -0.469 e. The third kappa shape index (κ3) is 7.37. The summed E-state index contributed by atoms with van der Waals surface area (Å²) < 4.78 is 11.0. The van der Waals surface area contributed by atoms with E-state index in [4.69, 9.17) is 14.1 Å². The summed E-state index contributed by atoms with van der Waals surface area (Å²) in [5.41, 5.74) is 0. The summed E-state index contributed by atoms with van der Waals surface area (Å²) in [5.74, 6) is 2.91. The third-order valence-corrected chi connectivity index (χ3v) is 6.56. The maximum atomic E-state index is 5.56. The Labute approximate surface area is 182 Å². The predicted octanol–water partition coefficient (Wildman–Crippen LogP) is 3.16. The van der Waals surface area contributed by atoms with E-state index in [2.05, 4.69) is 40.8 Å². The Morgan fingerprint density at radius 3 is 2.76 bits per heavy atom. The van der Waals surface area contributed by atoms with E-state index < -0.39 is 0 Å². The van der Waals surface area contributed by atoms with Gasteiger partial charge in [-0.15, -0.1) is 11.3 Å². The van der Waals surface area contributed by atoms with E-state index in [0.29, 0.717) is 6.04 Å². The first-order valence-electron chi connectivity index (χ1n) is 10.2. The van der Waals surface area contributed by atoms with E-state index >= 15 is 0 Å². The zero-order valence-electron chi connectivity index (χ0n) is 17.4. The van der Waals surface area contributed by atoms with Crippen molar-refractivity contribution in [2.75, 3.05) is 57.9 Å². The van der Waals surface area contributed by atoms with E-state index in [1.54, 1.807) is 6.26 Å². The summed E-state index contributed by atoms with van der Waals surface area (Å²) in [7, 11) is 0. The number of furan rings is 1. The second-order valence-electron chi connectivity index (χ2n) is 6.98. The molecule has 3 rings (SSSR count). The van der Waals surface area contributed by atoms with Crippen molar-refractivity contribution in [1.82, 2.24) is 15.5 Å². The molecule has 1 aliphatic heterocycles. The first kappa shape index (κ1) is 22.2. The van der Waals surface area contributed by atoms with Gasteiger partial charge < -0.3 is 19.8 Å². The summed E-state index contributed by atoms with van der Waals surface area (Å²) in [6.45, 7) is 8.09. The minimum atomic E-state index is 0.293. The van der Waals surface area contributed by atoms with Crippen LogP contribution in [-0.4, -0.2) is 68.8 Å². The molecule has 29 heavy (non-hydrogen) atoms. The largest absolute Gasteiger partial charge is 0.469 e. The van der Waals surface area contributed by atoms with Gasteiger partial charge in [0.1, 0.15) is 5.76 Å². The fourth-order valence-corrected chi connectivity index (χ4v) is 4.60. The van der Waals surface area contributed by atoms with Gasteiger partial charge in [0, 0.05) is 48.1 Å².